The second-order valence-electron chi connectivity index (χ2n) is 3.33. The molecule has 0 saturated heterocycles. The molecule has 0 fully saturated rings. The van der Waals surface area contributed by atoms with Crippen molar-refractivity contribution in [2.75, 3.05) is 7.11 Å². The summed E-state index contributed by atoms with van der Waals surface area (Å²) < 4.78 is 10.6. The Labute approximate surface area is 116 Å². The second kappa shape index (κ2) is 5.81. The van der Waals surface area contributed by atoms with Crippen LogP contribution in [-0.4, -0.2) is 22.2 Å². The summed E-state index contributed by atoms with van der Waals surface area (Å²) in [7, 11) is 1.43. The molecule has 2 rings (SSSR count). The fourth-order valence-corrected chi connectivity index (χ4v) is 2.10. The van der Waals surface area contributed by atoms with Gasteiger partial charge in [0, 0.05) is 0 Å². The van der Waals surface area contributed by atoms with E-state index in [-0.39, 0.29) is 18.0 Å². The van der Waals surface area contributed by atoms with Crippen molar-refractivity contribution >= 4 is 28.6 Å². The van der Waals surface area contributed by atoms with E-state index < -0.39 is 4.92 Å². The first-order chi connectivity index (χ1) is 9.10. The van der Waals surface area contributed by atoms with Gasteiger partial charge in [0.2, 0.25) is 4.47 Å². The molecule has 1 aromatic carbocycles. The molecule has 1 aromatic heterocycles. The lowest BCUT2D eigenvalue weighted by Gasteiger charge is -2.06. The van der Waals surface area contributed by atoms with Gasteiger partial charge in [0.25, 0.3) is 0 Å². The second-order valence-corrected chi connectivity index (χ2v) is 4.97. The van der Waals surface area contributed by atoms with Gasteiger partial charge >= 0.3 is 5.69 Å². The van der Waals surface area contributed by atoms with Crippen LogP contribution >= 0.6 is 22.9 Å². The lowest BCUT2D eigenvalue weighted by molar-refractivity contribution is -0.386. The van der Waals surface area contributed by atoms with Crippen molar-refractivity contribution < 1.29 is 14.4 Å². The molecule has 0 aliphatic heterocycles. The van der Waals surface area contributed by atoms with E-state index in [1.165, 1.54) is 19.2 Å². The number of rotatable bonds is 5. The van der Waals surface area contributed by atoms with Crippen LogP contribution in [-0.2, 0) is 6.61 Å². The molecular formula is C10H8ClN3O4S. The predicted molar refractivity (Wildman–Crippen MR) is 68.9 cm³/mol. The number of nitrogens with zero attached hydrogens (tertiary/aromatic N) is 3. The van der Waals surface area contributed by atoms with E-state index in [4.69, 9.17) is 21.1 Å². The molecule has 0 aliphatic rings. The molecule has 9 heteroatoms. The lowest BCUT2D eigenvalue weighted by atomic mass is 10.3. The number of nitro benzene ring substituents is 1. The highest BCUT2D eigenvalue weighted by Gasteiger charge is 2.17. The van der Waals surface area contributed by atoms with E-state index in [0.717, 1.165) is 11.3 Å². The minimum Gasteiger partial charge on any atom is -0.496 e. The van der Waals surface area contributed by atoms with E-state index in [0.29, 0.717) is 15.2 Å². The molecule has 0 bridgehead atoms. The lowest BCUT2D eigenvalue weighted by Crippen LogP contribution is -1.99. The van der Waals surface area contributed by atoms with Crippen molar-refractivity contribution in [1.29, 1.82) is 0 Å². The summed E-state index contributed by atoms with van der Waals surface area (Å²) in [5.74, 6) is 0.523. The molecule has 2 aromatic rings. The molecular weight excluding hydrogens is 294 g/mol. The normalized spacial score (nSPS) is 10.2. The van der Waals surface area contributed by atoms with Crippen LogP contribution < -0.4 is 9.47 Å². The van der Waals surface area contributed by atoms with Gasteiger partial charge in [0.1, 0.15) is 12.4 Å². The Bertz CT molecular complexity index is 604. The molecule has 0 atom stereocenters. The first kappa shape index (κ1) is 13.5. The number of halogens is 1. The number of nitro groups is 1. The average Bonchev–Trinajstić information content (AvgIpc) is 2.82. The molecule has 7 nitrogen and oxygen atoms in total. The zero-order valence-corrected chi connectivity index (χ0v) is 11.3. The van der Waals surface area contributed by atoms with Crippen molar-refractivity contribution in [2.45, 2.75) is 6.61 Å². The third-order valence-corrected chi connectivity index (χ3v) is 3.15. The van der Waals surface area contributed by atoms with Gasteiger partial charge in [-0.1, -0.05) is 11.3 Å². The fourth-order valence-electron chi connectivity index (χ4n) is 1.32. The molecule has 0 saturated carbocycles. The first-order valence-electron chi connectivity index (χ1n) is 5.03. The highest BCUT2D eigenvalue weighted by molar-refractivity contribution is 7.15. The SMILES string of the molecule is COc1ccc(OCc2nnc(Cl)s2)c([N+](=O)[O-])c1. The number of hydrogen-bond acceptors (Lipinski definition) is 7. The van der Waals surface area contributed by atoms with Crippen molar-refractivity contribution in [3.63, 3.8) is 0 Å². The van der Waals surface area contributed by atoms with Crippen LogP contribution in [0.1, 0.15) is 5.01 Å². The van der Waals surface area contributed by atoms with Crippen molar-refractivity contribution in [3.05, 3.63) is 37.8 Å². The van der Waals surface area contributed by atoms with Crippen LogP contribution in [0.25, 0.3) is 0 Å². The molecule has 0 N–H and O–H groups in total. The van der Waals surface area contributed by atoms with Gasteiger partial charge in [-0.15, -0.1) is 10.2 Å². The molecule has 0 aliphatic carbocycles. The Kier molecular flexibility index (Phi) is 4.13. The topological polar surface area (TPSA) is 87.4 Å². The molecule has 0 unspecified atom stereocenters. The van der Waals surface area contributed by atoms with E-state index in [9.17, 15) is 10.1 Å². The van der Waals surface area contributed by atoms with Crippen LogP contribution in [0, 0.1) is 10.1 Å². The number of methoxy groups -OCH3 is 1. The Morgan fingerprint density at radius 2 is 2.26 bits per heavy atom. The summed E-state index contributed by atoms with van der Waals surface area (Å²) in [5, 5.41) is 18.8. The maximum absolute atomic E-state index is 10.9. The summed E-state index contributed by atoms with van der Waals surface area (Å²) in [6.45, 7) is 0.0670. The number of benzene rings is 1. The van der Waals surface area contributed by atoms with Gasteiger partial charge in [0.15, 0.2) is 10.8 Å². The third-order valence-electron chi connectivity index (χ3n) is 2.16. The van der Waals surface area contributed by atoms with E-state index in [1.807, 2.05) is 0 Å². The Morgan fingerprint density at radius 3 is 2.84 bits per heavy atom. The Balaban J connectivity index is 2.17. The molecule has 1 heterocycles. The highest BCUT2D eigenvalue weighted by Crippen LogP contribution is 2.31. The van der Waals surface area contributed by atoms with Crippen LogP contribution in [0.15, 0.2) is 18.2 Å². The highest BCUT2D eigenvalue weighted by atomic mass is 35.5. The van der Waals surface area contributed by atoms with Crippen LogP contribution in [0.4, 0.5) is 5.69 Å². The fraction of sp³-hybridized carbons (Fsp3) is 0.200. The zero-order valence-electron chi connectivity index (χ0n) is 9.70. The monoisotopic (exact) mass is 301 g/mol. The van der Waals surface area contributed by atoms with E-state index >= 15 is 0 Å². The largest absolute Gasteiger partial charge is 0.496 e. The van der Waals surface area contributed by atoms with Crippen molar-refractivity contribution in [1.82, 2.24) is 10.2 Å². The first-order valence-corrected chi connectivity index (χ1v) is 6.22. The van der Waals surface area contributed by atoms with Gasteiger partial charge in [0.05, 0.1) is 18.1 Å². The summed E-state index contributed by atoms with van der Waals surface area (Å²) in [6, 6.07) is 4.34. The number of aromatic nitrogens is 2. The molecule has 19 heavy (non-hydrogen) atoms. The van der Waals surface area contributed by atoms with Crippen LogP contribution in [0.5, 0.6) is 11.5 Å². The summed E-state index contributed by atoms with van der Waals surface area (Å²) >= 11 is 6.78. The number of hydrogen-bond donors (Lipinski definition) is 0. The number of ether oxygens (including phenoxy) is 2. The zero-order chi connectivity index (χ0) is 13.8. The standard InChI is InChI=1S/C10H8ClN3O4S/c1-17-6-2-3-8(7(4-6)14(15)16)18-5-9-12-13-10(11)19-9/h2-4H,5H2,1H3. The maximum atomic E-state index is 10.9. The average molecular weight is 302 g/mol. The molecule has 100 valence electrons. The van der Waals surface area contributed by atoms with Gasteiger partial charge in [-0.25, -0.2) is 0 Å². The van der Waals surface area contributed by atoms with E-state index in [2.05, 4.69) is 10.2 Å². The minimum atomic E-state index is -0.537. The van der Waals surface area contributed by atoms with Crippen molar-refractivity contribution in [3.8, 4) is 11.5 Å². The Hall–Kier alpha value is -1.93. The van der Waals surface area contributed by atoms with Gasteiger partial charge in [-0.05, 0) is 23.7 Å². The molecule has 0 spiro atoms. The van der Waals surface area contributed by atoms with E-state index in [1.54, 1.807) is 6.07 Å². The summed E-state index contributed by atoms with van der Waals surface area (Å²) in [6.07, 6.45) is 0. The van der Waals surface area contributed by atoms with Gasteiger partial charge in [-0.3, -0.25) is 10.1 Å². The summed E-state index contributed by atoms with van der Waals surface area (Å²) in [5.41, 5.74) is -0.171. The van der Waals surface area contributed by atoms with Crippen LogP contribution in [0.2, 0.25) is 4.47 Å². The van der Waals surface area contributed by atoms with Crippen LogP contribution in [0.3, 0.4) is 0 Å². The quantitative estimate of drug-likeness (QED) is 0.623. The van der Waals surface area contributed by atoms with Gasteiger partial charge in [-0.2, -0.15) is 0 Å². The smallest absolute Gasteiger partial charge is 0.314 e. The Morgan fingerprint density at radius 1 is 1.47 bits per heavy atom. The molecule has 0 amide bonds. The minimum absolute atomic E-state index is 0.0670. The van der Waals surface area contributed by atoms with Gasteiger partial charge < -0.3 is 9.47 Å². The maximum Gasteiger partial charge on any atom is 0.314 e. The third kappa shape index (κ3) is 3.30. The molecule has 0 radical (unpaired) electrons. The summed E-state index contributed by atoms with van der Waals surface area (Å²) in [4.78, 5) is 10.4. The predicted octanol–water partition coefficient (Wildman–Crippen LogP) is 2.69. The van der Waals surface area contributed by atoms with Crippen molar-refractivity contribution in [2.24, 2.45) is 0 Å².